The summed E-state index contributed by atoms with van der Waals surface area (Å²) in [5.41, 5.74) is 5.43. The normalized spacial score (nSPS) is 9.89. The predicted octanol–water partition coefficient (Wildman–Crippen LogP) is 0.526. The Bertz CT molecular complexity index is 580. The lowest BCUT2D eigenvalue weighted by atomic mass is 10.2. The van der Waals surface area contributed by atoms with Crippen LogP contribution in [0.25, 0.3) is 0 Å². The number of hydrogen-bond donors (Lipinski definition) is 3. The monoisotopic (exact) mass is 260 g/mol. The van der Waals surface area contributed by atoms with Crippen LogP contribution in [-0.2, 0) is 4.79 Å². The molecule has 0 fully saturated rings. The Labute approximate surface area is 108 Å². The number of hydrogen-bond acceptors (Lipinski definition) is 4. The van der Waals surface area contributed by atoms with Crippen LogP contribution in [0, 0.1) is 0 Å². The number of H-pyrrole nitrogens is 1. The van der Waals surface area contributed by atoms with Gasteiger partial charge in [0.2, 0.25) is 0 Å². The standard InChI is InChI=1S/C12H12N4O3/c13-12(18)8-3-1-2-4-9(8)19-7-11(17)15-10-5-6-14-16-10/h1-6H,7H2,(H2,13,18)(H2,14,15,16,17). The largest absolute Gasteiger partial charge is 0.483 e. The molecule has 4 N–H and O–H groups in total. The average Bonchev–Trinajstić information content (AvgIpc) is 2.89. The fourth-order valence-electron chi connectivity index (χ4n) is 1.45. The van der Waals surface area contributed by atoms with Crippen molar-refractivity contribution >= 4 is 17.6 Å². The SMILES string of the molecule is NC(=O)c1ccccc1OCC(=O)Nc1ccn[nH]1. The quantitative estimate of drug-likeness (QED) is 0.728. The molecule has 1 heterocycles. The van der Waals surface area contributed by atoms with E-state index in [1.807, 2.05) is 0 Å². The van der Waals surface area contributed by atoms with Crippen molar-refractivity contribution in [1.82, 2.24) is 10.2 Å². The van der Waals surface area contributed by atoms with Crippen LogP contribution < -0.4 is 15.8 Å². The summed E-state index contributed by atoms with van der Waals surface area (Å²) in [7, 11) is 0. The molecule has 0 unspecified atom stereocenters. The number of anilines is 1. The van der Waals surface area contributed by atoms with Gasteiger partial charge in [-0.05, 0) is 12.1 Å². The molecule has 0 bridgehead atoms. The highest BCUT2D eigenvalue weighted by molar-refractivity contribution is 5.96. The van der Waals surface area contributed by atoms with Gasteiger partial charge in [-0.1, -0.05) is 12.1 Å². The zero-order valence-corrected chi connectivity index (χ0v) is 9.92. The van der Waals surface area contributed by atoms with Gasteiger partial charge in [0.1, 0.15) is 11.6 Å². The van der Waals surface area contributed by atoms with Gasteiger partial charge in [-0.2, -0.15) is 5.10 Å². The fourth-order valence-corrected chi connectivity index (χ4v) is 1.45. The minimum atomic E-state index is -0.607. The van der Waals surface area contributed by atoms with Crippen LogP contribution in [0.2, 0.25) is 0 Å². The molecule has 0 atom stereocenters. The van der Waals surface area contributed by atoms with E-state index >= 15 is 0 Å². The van der Waals surface area contributed by atoms with Gasteiger partial charge in [0.15, 0.2) is 6.61 Å². The Morgan fingerprint density at radius 2 is 2.11 bits per heavy atom. The molecule has 0 saturated carbocycles. The summed E-state index contributed by atoms with van der Waals surface area (Å²) in [6.45, 7) is -0.233. The molecule has 0 spiro atoms. The minimum Gasteiger partial charge on any atom is -0.483 e. The maximum Gasteiger partial charge on any atom is 0.263 e. The number of aromatic nitrogens is 2. The first-order chi connectivity index (χ1) is 9.16. The number of benzene rings is 1. The zero-order valence-electron chi connectivity index (χ0n) is 9.92. The highest BCUT2D eigenvalue weighted by Crippen LogP contribution is 2.17. The number of ether oxygens (including phenoxy) is 1. The summed E-state index contributed by atoms with van der Waals surface area (Å²) in [6, 6.07) is 8.06. The third kappa shape index (κ3) is 3.32. The van der Waals surface area contributed by atoms with Crippen molar-refractivity contribution in [1.29, 1.82) is 0 Å². The van der Waals surface area contributed by atoms with Crippen molar-refractivity contribution in [2.45, 2.75) is 0 Å². The Morgan fingerprint density at radius 1 is 1.32 bits per heavy atom. The van der Waals surface area contributed by atoms with Gasteiger partial charge in [-0.25, -0.2) is 0 Å². The van der Waals surface area contributed by atoms with E-state index in [1.165, 1.54) is 12.3 Å². The van der Waals surface area contributed by atoms with Crippen LogP contribution in [0.1, 0.15) is 10.4 Å². The van der Waals surface area contributed by atoms with E-state index in [9.17, 15) is 9.59 Å². The van der Waals surface area contributed by atoms with Gasteiger partial charge >= 0.3 is 0 Å². The second-order valence-corrected chi connectivity index (χ2v) is 3.67. The van der Waals surface area contributed by atoms with Gasteiger partial charge in [-0.3, -0.25) is 14.7 Å². The average molecular weight is 260 g/mol. The number of carbonyl (C=O) groups is 2. The lowest BCUT2D eigenvalue weighted by Crippen LogP contribution is -2.21. The Kier molecular flexibility index (Phi) is 3.77. The molecule has 98 valence electrons. The molecule has 2 aromatic rings. The maximum atomic E-state index is 11.6. The number of primary amides is 1. The van der Waals surface area contributed by atoms with Gasteiger partial charge in [0, 0.05) is 6.07 Å². The molecule has 7 nitrogen and oxygen atoms in total. The number of para-hydroxylation sites is 1. The van der Waals surface area contributed by atoms with Crippen LogP contribution in [0.3, 0.4) is 0 Å². The molecule has 2 amide bonds. The van der Waals surface area contributed by atoms with Crippen molar-refractivity contribution < 1.29 is 14.3 Å². The lowest BCUT2D eigenvalue weighted by molar-refractivity contribution is -0.118. The molecular formula is C12H12N4O3. The maximum absolute atomic E-state index is 11.6. The second-order valence-electron chi connectivity index (χ2n) is 3.67. The van der Waals surface area contributed by atoms with E-state index in [2.05, 4.69) is 15.5 Å². The first kappa shape index (κ1) is 12.6. The molecule has 0 radical (unpaired) electrons. The minimum absolute atomic E-state index is 0.233. The second kappa shape index (κ2) is 5.67. The van der Waals surface area contributed by atoms with E-state index in [0.717, 1.165) is 0 Å². The number of amides is 2. The summed E-state index contributed by atoms with van der Waals surface area (Å²) in [5, 5.41) is 8.82. The lowest BCUT2D eigenvalue weighted by Gasteiger charge is -2.08. The van der Waals surface area contributed by atoms with Crippen molar-refractivity contribution in [3.63, 3.8) is 0 Å². The van der Waals surface area contributed by atoms with Crippen LogP contribution in [0.4, 0.5) is 5.82 Å². The van der Waals surface area contributed by atoms with Crippen LogP contribution >= 0.6 is 0 Å². The van der Waals surface area contributed by atoms with Gasteiger partial charge < -0.3 is 15.8 Å². The van der Waals surface area contributed by atoms with Crippen LogP contribution in [-0.4, -0.2) is 28.6 Å². The summed E-state index contributed by atoms with van der Waals surface area (Å²) in [6.07, 6.45) is 1.51. The van der Waals surface area contributed by atoms with Crippen LogP contribution in [0.15, 0.2) is 36.5 Å². The van der Waals surface area contributed by atoms with E-state index in [-0.39, 0.29) is 23.8 Å². The third-order valence-corrected chi connectivity index (χ3v) is 2.29. The number of nitrogens with zero attached hydrogens (tertiary/aromatic N) is 1. The van der Waals surface area contributed by atoms with Gasteiger partial charge in [0.05, 0.1) is 11.8 Å². The summed E-state index contributed by atoms with van der Waals surface area (Å²) in [5.74, 6) is -0.236. The number of nitrogens with one attached hydrogen (secondary N) is 2. The van der Waals surface area contributed by atoms with Crippen molar-refractivity contribution in [3.8, 4) is 5.75 Å². The molecular weight excluding hydrogens is 248 g/mol. The molecule has 1 aromatic heterocycles. The predicted molar refractivity (Wildman–Crippen MR) is 67.7 cm³/mol. The van der Waals surface area contributed by atoms with Crippen molar-refractivity contribution in [2.24, 2.45) is 5.73 Å². The van der Waals surface area contributed by atoms with Crippen molar-refractivity contribution in [3.05, 3.63) is 42.1 Å². The summed E-state index contributed by atoms with van der Waals surface area (Å²) in [4.78, 5) is 22.7. The molecule has 7 heteroatoms. The van der Waals surface area contributed by atoms with Crippen molar-refractivity contribution in [2.75, 3.05) is 11.9 Å². The highest BCUT2D eigenvalue weighted by Gasteiger charge is 2.10. The highest BCUT2D eigenvalue weighted by atomic mass is 16.5. The zero-order chi connectivity index (χ0) is 13.7. The third-order valence-electron chi connectivity index (χ3n) is 2.29. The number of aromatic amines is 1. The molecule has 0 aliphatic carbocycles. The molecule has 0 aliphatic heterocycles. The summed E-state index contributed by atoms with van der Waals surface area (Å²) >= 11 is 0. The molecule has 1 aromatic carbocycles. The molecule has 0 aliphatic rings. The Balaban J connectivity index is 1.95. The van der Waals surface area contributed by atoms with E-state index in [4.69, 9.17) is 10.5 Å². The fraction of sp³-hybridized carbons (Fsp3) is 0.0833. The van der Waals surface area contributed by atoms with E-state index < -0.39 is 5.91 Å². The molecule has 0 saturated heterocycles. The van der Waals surface area contributed by atoms with E-state index in [0.29, 0.717) is 5.82 Å². The Hall–Kier alpha value is -2.83. The van der Waals surface area contributed by atoms with Crippen LogP contribution in [0.5, 0.6) is 5.75 Å². The number of carbonyl (C=O) groups excluding carboxylic acids is 2. The molecule has 19 heavy (non-hydrogen) atoms. The Morgan fingerprint density at radius 3 is 2.79 bits per heavy atom. The first-order valence-electron chi connectivity index (χ1n) is 5.47. The number of rotatable bonds is 5. The summed E-state index contributed by atoms with van der Waals surface area (Å²) < 4.78 is 5.26. The smallest absolute Gasteiger partial charge is 0.263 e. The number of nitrogens with two attached hydrogens (primary N) is 1. The van der Waals surface area contributed by atoms with E-state index in [1.54, 1.807) is 24.3 Å². The topological polar surface area (TPSA) is 110 Å². The first-order valence-corrected chi connectivity index (χ1v) is 5.47. The molecule has 2 rings (SSSR count). The van der Waals surface area contributed by atoms with Gasteiger partial charge in [0.25, 0.3) is 11.8 Å². The van der Waals surface area contributed by atoms with Gasteiger partial charge in [-0.15, -0.1) is 0 Å².